The summed E-state index contributed by atoms with van der Waals surface area (Å²) in [6, 6.07) is 8.37. The molecule has 0 spiro atoms. The molecule has 0 aromatic heterocycles. The Morgan fingerprint density at radius 3 is 2.74 bits per heavy atom. The van der Waals surface area contributed by atoms with Crippen molar-refractivity contribution in [3.63, 3.8) is 0 Å². The molecule has 0 aliphatic carbocycles. The minimum Gasteiger partial charge on any atom is -0.304 e. The second-order valence-corrected chi connectivity index (χ2v) is 8.66. The highest BCUT2D eigenvalue weighted by molar-refractivity contribution is 9.10. The van der Waals surface area contributed by atoms with Crippen LogP contribution < -0.4 is 5.32 Å². The van der Waals surface area contributed by atoms with Crippen LogP contribution in [-0.4, -0.2) is 25.5 Å². The molecular weight excluding hydrogens is 326 g/mol. The van der Waals surface area contributed by atoms with Gasteiger partial charge in [-0.3, -0.25) is 0 Å². The molecular formula is C14H20BrNO2S. The third-order valence-electron chi connectivity index (χ3n) is 3.69. The predicted octanol–water partition coefficient (Wildman–Crippen LogP) is 3.07. The molecule has 0 saturated carbocycles. The topological polar surface area (TPSA) is 46.2 Å². The van der Waals surface area contributed by atoms with Gasteiger partial charge in [-0.15, -0.1) is 0 Å². The molecule has 1 N–H and O–H groups in total. The SMILES string of the molecule is CCC(NC1(C)CCS(=O)(=O)C1)c1cccc(Br)c1. The van der Waals surface area contributed by atoms with Gasteiger partial charge in [0.25, 0.3) is 0 Å². The molecule has 1 heterocycles. The highest BCUT2D eigenvalue weighted by Gasteiger charge is 2.39. The van der Waals surface area contributed by atoms with Crippen molar-refractivity contribution in [2.75, 3.05) is 11.5 Å². The first-order chi connectivity index (χ1) is 8.84. The van der Waals surface area contributed by atoms with Crippen LogP contribution in [0.5, 0.6) is 0 Å². The molecule has 106 valence electrons. The van der Waals surface area contributed by atoms with E-state index in [0.717, 1.165) is 10.9 Å². The minimum atomic E-state index is -2.87. The average Bonchev–Trinajstić information content (AvgIpc) is 2.61. The maximum absolute atomic E-state index is 11.7. The van der Waals surface area contributed by atoms with E-state index in [1.165, 1.54) is 5.56 Å². The Kier molecular flexibility index (Phi) is 4.38. The molecule has 0 bridgehead atoms. The Morgan fingerprint density at radius 1 is 1.47 bits per heavy atom. The van der Waals surface area contributed by atoms with Gasteiger partial charge in [0.05, 0.1) is 11.5 Å². The molecule has 1 aromatic rings. The van der Waals surface area contributed by atoms with Gasteiger partial charge in [-0.2, -0.15) is 0 Å². The maximum Gasteiger partial charge on any atom is 0.152 e. The lowest BCUT2D eigenvalue weighted by Crippen LogP contribution is -2.45. The van der Waals surface area contributed by atoms with Crippen LogP contribution in [0.4, 0.5) is 0 Å². The third-order valence-corrected chi connectivity index (χ3v) is 6.08. The van der Waals surface area contributed by atoms with Gasteiger partial charge in [-0.1, -0.05) is 35.0 Å². The summed E-state index contributed by atoms with van der Waals surface area (Å²) in [6.45, 7) is 4.13. The number of rotatable bonds is 4. The summed E-state index contributed by atoms with van der Waals surface area (Å²) in [5.74, 6) is 0.538. The van der Waals surface area contributed by atoms with Gasteiger partial charge in [0.15, 0.2) is 9.84 Å². The van der Waals surface area contributed by atoms with Crippen LogP contribution >= 0.6 is 15.9 Å². The first-order valence-corrected chi connectivity index (χ1v) is 9.19. The largest absolute Gasteiger partial charge is 0.304 e. The van der Waals surface area contributed by atoms with Gasteiger partial charge >= 0.3 is 0 Å². The molecule has 1 aliphatic heterocycles. The van der Waals surface area contributed by atoms with Crippen LogP contribution in [0.15, 0.2) is 28.7 Å². The van der Waals surface area contributed by atoms with E-state index in [0.29, 0.717) is 12.2 Å². The lowest BCUT2D eigenvalue weighted by molar-refractivity contribution is 0.337. The van der Waals surface area contributed by atoms with E-state index in [-0.39, 0.29) is 17.3 Å². The molecule has 2 unspecified atom stereocenters. The standard InChI is InChI=1S/C14H20BrNO2S/c1-3-13(11-5-4-6-12(15)9-11)16-14(2)7-8-19(17,18)10-14/h4-6,9,13,16H,3,7-8,10H2,1-2H3. The normalized spacial score (nSPS) is 27.3. The van der Waals surface area contributed by atoms with E-state index in [9.17, 15) is 8.42 Å². The van der Waals surface area contributed by atoms with Crippen molar-refractivity contribution >= 4 is 25.8 Å². The summed E-state index contributed by atoms with van der Waals surface area (Å²) in [5, 5.41) is 3.54. The highest BCUT2D eigenvalue weighted by Crippen LogP contribution is 2.29. The Hall–Kier alpha value is -0.390. The number of benzene rings is 1. The fourth-order valence-corrected chi connectivity index (χ4v) is 5.21. The van der Waals surface area contributed by atoms with Crippen LogP contribution in [-0.2, 0) is 9.84 Å². The quantitative estimate of drug-likeness (QED) is 0.911. The van der Waals surface area contributed by atoms with Gasteiger partial charge in [0.1, 0.15) is 0 Å². The molecule has 1 fully saturated rings. The fraction of sp³-hybridized carbons (Fsp3) is 0.571. The predicted molar refractivity (Wildman–Crippen MR) is 82.0 cm³/mol. The van der Waals surface area contributed by atoms with Crippen molar-refractivity contribution in [1.82, 2.24) is 5.32 Å². The molecule has 1 aromatic carbocycles. The highest BCUT2D eigenvalue weighted by atomic mass is 79.9. The molecule has 0 amide bonds. The molecule has 0 radical (unpaired) electrons. The second kappa shape index (κ2) is 5.54. The first-order valence-electron chi connectivity index (χ1n) is 6.57. The molecule has 1 saturated heterocycles. The first kappa shape index (κ1) is 15.0. The number of nitrogens with one attached hydrogen (secondary N) is 1. The summed E-state index contributed by atoms with van der Waals surface area (Å²) < 4.78 is 24.4. The maximum atomic E-state index is 11.7. The van der Waals surface area contributed by atoms with Crippen molar-refractivity contribution in [2.45, 2.75) is 38.3 Å². The molecule has 1 aliphatic rings. The summed E-state index contributed by atoms with van der Waals surface area (Å²) in [5.41, 5.74) is 0.893. The lowest BCUT2D eigenvalue weighted by atomic mass is 9.96. The Labute approximate surface area is 123 Å². The van der Waals surface area contributed by atoms with Gasteiger partial charge in [0, 0.05) is 16.1 Å². The average molecular weight is 346 g/mol. The van der Waals surface area contributed by atoms with Gasteiger partial charge in [0.2, 0.25) is 0 Å². The van der Waals surface area contributed by atoms with Gasteiger partial charge in [-0.05, 0) is 37.5 Å². The Bertz CT molecular complexity index is 558. The fourth-order valence-electron chi connectivity index (χ4n) is 2.69. The number of halogens is 1. The molecule has 2 rings (SSSR count). The van der Waals surface area contributed by atoms with Crippen molar-refractivity contribution in [3.05, 3.63) is 34.3 Å². The third kappa shape index (κ3) is 3.80. The molecule has 3 nitrogen and oxygen atoms in total. The summed E-state index contributed by atoms with van der Waals surface area (Å²) >= 11 is 3.48. The smallest absolute Gasteiger partial charge is 0.152 e. The summed E-state index contributed by atoms with van der Waals surface area (Å²) in [4.78, 5) is 0. The van der Waals surface area contributed by atoms with E-state index in [4.69, 9.17) is 0 Å². The lowest BCUT2D eigenvalue weighted by Gasteiger charge is -2.30. The monoisotopic (exact) mass is 345 g/mol. The van der Waals surface area contributed by atoms with E-state index >= 15 is 0 Å². The van der Waals surface area contributed by atoms with Crippen LogP contribution in [0.3, 0.4) is 0 Å². The van der Waals surface area contributed by atoms with E-state index in [1.54, 1.807) is 0 Å². The molecule has 19 heavy (non-hydrogen) atoms. The summed E-state index contributed by atoms with van der Waals surface area (Å²) in [6.07, 6.45) is 1.63. The van der Waals surface area contributed by atoms with Crippen molar-refractivity contribution < 1.29 is 8.42 Å². The van der Waals surface area contributed by atoms with Gasteiger partial charge < -0.3 is 5.32 Å². The van der Waals surface area contributed by atoms with Crippen molar-refractivity contribution in [2.24, 2.45) is 0 Å². The molecule has 2 atom stereocenters. The van der Waals surface area contributed by atoms with Crippen molar-refractivity contribution in [1.29, 1.82) is 0 Å². The molecule has 5 heteroatoms. The van der Waals surface area contributed by atoms with Crippen LogP contribution in [0.25, 0.3) is 0 Å². The van der Waals surface area contributed by atoms with Crippen molar-refractivity contribution in [3.8, 4) is 0 Å². The Morgan fingerprint density at radius 2 is 2.21 bits per heavy atom. The van der Waals surface area contributed by atoms with E-state index in [1.807, 2.05) is 19.1 Å². The minimum absolute atomic E-state index is 0.191. The van der Waals surface area contributed by atoms with E-state index in [2.05, 4.69) is 40.3 Å². The van der Waals surface area contributed by atoms with Gasteiger partial charge in [-0.25, -0.2) is 8.42 Å². The Balaban J connectivity index is 2.16. The second-order valence-electron chi connectivity index (χ2n) is 5.56. The van der Waals surface area contributed by atoms with Crippen LogP contribution in [0.1, 0.15) is 38.3 Å². The zero-order chi connectivity index (χ0) is 14.1. The zero-order valence-corrected chi connectivity index (χ0v) is 13.7. The number of hydrogen-bond donors (Lipinski definition) is 1. The summed E-state index contributed by atoms with van der Waals surface area (Å²) in [7, 11) is -2.87. The van der Waals surface area contributed by atoms with E-state index < -0.39 is 9.84 Å². The van der Waals surface area contributed by atoms with Crippen LogP contribution in [0.2, 0.25) is 0 Å². The number of sulfone groups is 1. The zero-order valence-electron chi connectivity index (χ0n) is 11.3. The number of hydrogen-bond acceptors (Lipinski definition) is 3. The van der Waals surface area contributed by atoms with Crippen LogP contribution in [0, 0.1) is 0 Å².